The number of benzene rings is 2. The first-order chi connectivity index (χ1) is 15.5. The second-order valence-electron chi connectivity index (χ2n) is 7.96. The predicted octanol–water partition coefficient (Wildman–Crippen LogP) is 5.27. The molecule has 2 aromatic carbocycles. The molecule has 1 unspecified atom stereocenters. The molecule has 0 heterocycles. The van der Waals surface area contributed by atoms with Gasteiger partial charge in [-0.25, -0.2) is 0 Å². The maximum Gasteiger partial charge on any atom is 0.161 e. The van der Waals surface area contributed by atoms with E-state index in [4.69, 9.17) is 18.9 Å². The number of likely N-dealkylation sites (N-methyl/N-ethyl adjacent to an activating group) is 1. The molecule has 2 rings (SSSR count). The van der Waals surface area contributed by atoms with E-state index in [1.807, 2.05) is 30.3 Å². The fraction of sp³-hybridized carbons (Fsp3) is 0.500. The summed E-state index contributed by atoms with van der Waals surface area (Å²) in [5.74, 6) is 2.83. The van der Waals surface area contributed by atoms with Crippen LogP contribution >= 0.6 is 12.4 Å². The van der Waals surface area contributed by atoms with Crippen molar-refractivity contribution in [1.82, 2.24) is 4.90 Å². The molecule has 6 nitrogen and oxygen atoms in total. The van der Waals surface area contributed by atoms with E-state index in [0.717, 1.165) is 55.8 Å². The van der Waals surface area contributed by atoms with E-state index in [9.17, 15) is 5.26 Å². The topological polar surface area (TPSA) is 64.0 Å². The van der Waals surface area contributed by atoms with Crippen LogP contribution in [-0.2, 0) is 11.8 Å². The van der Waals surface area contributed by atoms with Gasteiger partial charge in [-0.1, -0.05) is 19.1 Å². The summed E-state index contributed by atoms with van der Waals surface area (Å²) < 4.78 is 21.5. The molecular weight excluding hydrogens is 440 g/mol. The van der Waals surface area contributed by atoms with Crippen molar-refractivity contribution in [2.24, 2.45) is 0 Å². The van der Waals surface area contributed by atoms with Crippen molar-refractivity contribution in [3.05, 3.63) is 47.5 Å². The summed E-state index contributed by atoms with van der Waals surface area (Å²) in [6.45, 7) is 3.92. The van der Waals surface area contributed by atoms with E-state index in [1.165, 1.54) is 5.56 Å². The van der Waals surface area contributed by atoms with Crippen LogP contribution in [0.1, 0.15) is 37.3 Å². The van der Waals surface area contributed by atoms with Gasteiger partial charge in [0.05, 0.1) is 39.9 Å². The molecule has 0 aromatic heterocycles. The number of nitriles is 1. The maximum atomic E-state index is 10.1. The van der Waals surface area contributed by atoms with Crippen molar-refractivity contribution in [1.29, 1.82) is 5.26 Å². The first kappa shape index (κ1) is 28.4. The minimum atomic E-state index is -0.538. The van der Waals surface area contributed by atoms with Crippen LogP contribution in [0.15, 0.2) is 36.4 Å². The van der Waals surface area contributed by atoms with E-state index in [2.05, 4.69) is 31.0 Å². The van der Waals surface area contributed by atoms with E-state index in [1.54, 1.807) is 28.4 Å². The molecule has 0 aliphatic rings. The van der Waals surface area contributed by atoms with Crippen LogP contribution < -0.4 is 18.9 Å². The number of methoxy groups -OCH3 is 4. The van der Waals surface area contributed by atoms with Crippen LogP contribution in [-0.4, -0.2) is 53.5 Å². The maximum absolute atomic E-state index is 10.1. The summed E-state index contributed by atoms with van der Waals surface area (Å²) in [4.78, 5) is 2.31. The second-order valence-corrected chi connectivity index (χ2v) is 7.96. The minimum absolute atomic E-state index is 0. The molecule has 0 spiro atoms. The average molecular weight is 477 g/mol. The highest BCUT2D eigenvalue weighted by Crippen LogP contribution is 2.37. The van der Waals surface area contributed by atoms with Crippen LogP contribution in [0.25, 0.3) is 0 Å². The molecule has 0 N–H and O–H groups in total. The number of ether oxygens (including phenoxy) is 4. The third kappa shape index (κ3) is 7.18. The van der Waals surface area contributed by atoms with Gasteiger partial charge in [-0.05, 0) is 74.7 Å². The molecule has 0 fully saturated rings. The van der Waals surface area contributed by atoms with Crippen LogP contribution in [0.5, 0.6) is 23.0 Å². The minimum Gasteiger partial charge on any atom is -0.493 e. The lowest BCUT2D eigenvalue weighted by Gasteiger charge is -2.27. The molecule has 182 valence electrons. The zero-order valence-electron chi connectivity index (χ0n) is 20.6. The molecule has 0 saturated heterocycles. The summed E-state index contributed by atoms with van der Waals surface area (Å²) in [6, 6.07) is 14.4. The second kappa shape index (κ2) is 13.8. The molecule has 0 amide bonds. The Morgan fingerprint density at radius 3 is 1.97 bits per heavy atom. The van der Waals surface area contributed by atoms with Gasteiger partial charge >= 0.3 is 0 Å². The molecule has 33 heavy (non-hydrogen) atoms. The molecule has 7 heteroatoms. The summed E-state index contributed by atoms with van der Waals surface area (Å²) in [7, 11) is 8.66. The van der Waals surface area contributed by atoms with Gasteiger partial charge in [0.1, 0.15) is 0 Å². The molecule has 1 atom stereocenters. The van der Waals surface area contributed by atoms with Crippen LogP contribution in [0.2, 0.25) is 0 Å². The van der Waals surface area contributed by atoms with Crippen molar-refractivity contribution >= 4 is 12.4 Å². The summed E-state index contributed by atoms with van der Waals surface area (Å²) >= 11 is 0. The van der Waals surface area contributed by atoms with Gasteiger partial charge in [-0.15, -0.1) is 12.4 Å². The quantitative estimate of drug-likeness (QED) is 0.392. The molecule has 0 aliphatic carbocycles. The summed E-state index contributed by atoms with van der Waals surface area (Å²) in [5, 5.41) is 10.1. The monoisotopic (exact) mass is 476 g/mol. The van der Waals surface area contributed by atoms with Crippen LogP contribution in [0.3, 0.4) is 0 Å². The zero-order chi connectivity index (χ0) is 23.6. The SMILES string of the molecule is CCC(C#N)(CCCN(C)CCc1ccc(OC)c(OC)c1)c1ccc(OC)c(OC)c1.Cl. The Bertz CT molecular complexity index is 916. The number of halogens is 1. The Kier molecular flexibility index (Phi) is 11.9. The third-order valence-corrected chi connectivity index (χ3v) is 6.13. The first-order valence-electron chi connectivity index (χ1n) is 11.0. The highest BCUT2D eigenvalue weighted by Gasteiger charge is 2.31. The lowest BCUT2D eigenvalue weighted by atomic mass is 9.75. The lowest BCUT2D eigenvalue weighted by Crippen LogP contribution is -2.27. The number of hydrogen-bond donors (Lipinski definition) is 0. The Hall–Kier alpha value is -2.62. The van der Waals surface area contributed by atoms with Gasteiger partial charge in [0.25, 0.3) is 0 Å². The molecule has 0 bridgehead atoms. The van der Waals surface area contributed by atoms with Crippen molar-refractivity contribution in [2.75, 3.05) is 48.6 Å². The van der Waals surface area contributed by atoms with E-state index in [-0.39, 0.29) is 12.4 Å². The zero-order valence-corrected chi connectivity index (χ0v) is 21.5. The highest BCUT2D eigenvalue weighted by atomic mass is 35.5. The van der Waals surface area contributed by atoms with Gasteiger partial charge in [0.15, 0.2) is 23.0 Å². The van der Waals surface area contributed by atoms with Crippen molar-refractivity contribution in [3.63, 3.8) is 0 Å². The fourth-order valence-electron chi connectivity index (χ4n) is 3.98. The third-order valence-electron chi connectivity index (χ3n) is 6.13. The lowest BCUT2D eigenvalue weighted by molar-refractivity contribution is 0.313. The number of hydrogen-bond acceptors (Lipinski definition) is 6. The summed E-state index contributed by atoms with van der Waals surface area (Å²) in [5.41, 5.74) is 1.65. The van der Waals surface area contributed by atoms with Gasteiger partial charge in [-0.2, -0.15) is 5.26 Å². The van der Waals surface area contributed by atoms with E-state index < -0.39 is 5.41 Å². The van der Waals surface area contributed by atoms with Gasteiger partial charge in [0.2, 0.25) is 0 Å². The van der Waals surface area contributed by atoms with Gasteiger partial charge < -0.3 is 23.8 Å². The average Bonchev–Trinajstić information content (AvgIpc) is 2.84. The molecule has 2 aromatic rings. The van der Waals surface area contributed by atoms with E-state index >= 15 is 0 Å². The Labute approximate surface area is 204 Å². The molecule has 0 aliphatic heterocycles. The highest BCUT2D eigenvalue weighted by molar-refractivity contribution is 5.85. The smallest absolute Gasteiger partial charge is 0.161 e. The van der Waals surface area contributed by atoms with Gasteiger partial charge in [0, 0.05) is 6.54 Å². The predicted molar refractivity (Wildman–Crippen MR) is 134 cm³/mol. The standard InChI is InChI=1S/C26H36N2O4.ClH/c1-7-26(19-27,21-10-12-23(30-4)25(18-21)32-6)14-8-15-28(2)16-13-20-9-11-22(29-3)24(17-20)31-5;/h9-12,17-18H,7-8,13-16H2,1-6H3;1H. The van der Waals surface area contributed by atoms with Crippen molar-refractivity contribution in [2.45, 2.75) is 38.0 Å². The Morgan fingerprint density at radius 1 is 0.848 bits per heavy atom. The van der Waals surface area contributed by atoms with Gasteiger partial charge in [-0.3, -0.25) is 0 Å². The van der Waals surface area contributed by atoms with E-state index in [0.29, 0.717) is 11.5 Å². The Balaban J connectivity index is 0.00000544. The normalized spacial score (nSPS) is 12.3. The van der Waals surface area contributed by atoms with Crippen LogP contribution in [0.4, 0.5) is 0 Å². The molecular formula is C26H37ClN2O4. The Morgan fingerprint density at radius 2 is 1.42 bits per heavy atom. The largest absolute Gasteiger partial charge is 0.493 e. The van der Waals surface area contributed by atoms with Crippen LogP contribution in [0, 0.1) is 11.3 Å². The first-order valence-corrected chi connectivity index (χ1v) is 11.0. The summed E-state index contributed by atoms with van der Waals surface area (Å²) in [6.07, 6.45) is 3.38. The fourth-order valence-corrected chi connectivity index (χ4v) is 3.98. The molecule has 0 saturated carbocycles. The van der Waals surface area contributed by atoms with Crippen molar-refractivity contribution in [3.8, 4) is 29.1 Å². The molecule has 0 radical (unpaired) electrons. The number of nitrogens with zero attached hydrogens (tertiary/aromatic N) is 2. The van der Waals surface area contributed by atoms with Crippen molar-refractivity contribution < 1.29 is 18.9 Å². The number of rotatable bonds is 13.